The van der Waals surface area contributed by atoms with Crippen molar-refractivity contribution in [1.82, 2.24) is 9.66 Å². The first-order chi connectivity index (χ1) is 10.6. The van der Waals surface area contributed by atoms with Gasteiger partial charge in [-0.1, -0.05) is 23.2 Å². The van der Waals surface area contributed by atoms with Crippen LogP contribution in [-0.2, 0) is 0 Å². The molecule has 0 unspecified atom stereocenters. The van der Waals surface area contributed by atoms with E-state index in [0.717, 1.165) is 0 Å². The molecule has 0 aliphatic carbocycles. The van der Waals surface area contributed by atoms with Crippen LogP contribution in [0.1, 0.15) is 20.8 Å². The smallest absolute Gasteiger partial charge is 0.273 e. The minimum absolute atomic E-state index is 0.0414. The number of halogens is 2. The highest BCUT2D eigenvalue weighted by Crippen LogP contribution is 2.27. The van der Waals surface area contributed by atoms with E-state index in [1.165, 1.54) is 18.3 Å². The van der Waals surface area contributed by atoms with Crippen LogP contribution in [0.3, 0.4) is 0 Å². The van der Waals surface area contributed by atoms with Gasteiger partial charge in [0, 0.05) is 0 Å². The summed E-state index contributed by atoms with van der Waals surface area (Å²) >= 11 is 11.9. The Morgan fingerprint density at radius 3 is 2.52 bits per heavy atom. The Kier molecular flexibility index (Phi) is 4.45. The van der Waals surface area contributed by atoms with Crippen molar-refractivity contribution in [1.29, 1.82) is 5.26 Å². The van der Waals surface area contributed by atoms with Gasteiger partial charge < -0.3 is 4.74 Å². The first-order valence-electron chi connectivity index (χ1n) is 6.32. The molecule has 0 bridgehead atoms. The molecule has 0 atom stereocenters. The number of ether oxygens (including phenoxy) is 1. The third kappa shape index (κ3) is 3.52. The van der Waals surface area contributed by atoms with E-state index in [4.69, 9.17) is 33.2 Å². The van der Waals surface area contributed by atoms with Crippen LogP contribution < -0.4 is 10.2 Å². The Labute approximate surface area is 140 Å². The van der Waals surface area contributed by atoms with E-state index in [-0.39, 0.29) is 32.4 Å². The van der Waals surface area contributed by atoms with Crippen LogP contribution in [0.25, 0.3) is 11.0 Å². The average Bonchev–Trinajstić information content (AvgIpc) is 2.40. The number of hydrogen-bond donors (Lipinski definition) is 0. The number of benzene rings is 1. The molecule has 0 fully saturated rings. The molecular formula is C13H11Cl2N5O3. The van der Waals surface area contributed by atoms with Crippen LogP contribution in [0.4, 0.5) is 0 Å². The molecule has 0 radical (unpaired) electrons. The Hall–Kier alpha value is -2.37. The fourth-order valence-corrected chi connectivity index (χ4v) is 2.13. The highest BCUT2D eigenvalue weighted by atomic mass is 35.5. The van der Waals surface area contributed by atoms with Gasteiger partial charge in [0.05, 0.1) is 15.6 Å². The summed E-state index contributed by atoms with van der Waals surface area (Å²) in [5.41, 5.74) is -0.810. The van der Waals surface area contributed by atoms with Crippen molar-refractivity contribution in [3.63, 3.8) is 0 Å². The van der Waals surface area contributed by atoms with E-state index in [1.54, 1.807) is 20.8 Å². The molecule has 1 aromatic heterocycles. The molecule has 0 aliphatic rings. The summed E-state index contributed by atoms with van der Waals surface area (Å²) in [6.45, 7) is 5.21. The highest BCUT2D eigenvalue weighted by Gasteiger charge is 2.23. The Morgan fingerprint density at radius 2 is 2.00 bits per heavy atom. The molecule has 0 amide bonds. The van der Waals surface area contributed by atoms with E-state index in [0.29, 0.717) is 4.68 Å². The molecule has 10 heteroatoms. The van der Waals surface area contributed by atoms with Gasteiger partial charge in [0.2, 0.25) is 6.19 Å². The predicted molar refractivity (Wildman–Crippen MR) is 83.7 cm³/mol. The molecule has 0 N–H and O–H groups in total. The average molecular weight is 356 g/mol. The van der Waals surface area contributed by atoms with Crippen LogP contribution in [0.15, 0.2) is 17.1 Å². The second kappa shape index (κ2) is 6.02. The molecule has 8 nitrogen and oxygen atoms in total. The maximum atomic E-state index is 11.5. The summed E-state index contributed by atoms with van der Waals surface area (Å²) in [5, 5.41) is 19.9. The Morgan fingerprint density at radius 1 is 1.39 bits per heavy atom. The van der Waals surface area contributed by atoms with E-state index in [2.05, 4.69) is 9.98 Å². The SMILES string of the molecule is CC(C)(C)Oc1nc2cc(Cl)c(Cl)cc2n([N+](=O)[O-])c1=NC#N. The number of fused-ring (bicyclic) bond motifs is 1. The second-order valence-electron chi connectivity index (χ2n) is 5.47. The third-order valence-corrected chi connectivity index (χ3v) is 3.30. The van der Waals surface area contributed by atoms with Gasteiger partial charge in [0.1, 0.15) is 11.1 Å². The lowest BCUT2D eigenvalue weighted by Crippen LogP contribution is -2.34. The standard InChI is InChI=1S/C13H11Cl2N5O3/c1-13(2,3)23-12-11(17-6-16)19(20(21)22)10-5-8(15)7(14)4-9(10)18-12/h4-5H,1-3H3. The molecule has 0 spiro atoms. The second-order valence-corrected chi connectivity index (χ2v) is 6.29. The number of hydrogen-bond acceptors (Lipinski definition) is 6. The van der Waals surface area contributed by atoms with Crippen LogP contribution in [0.2, 0.25) is 10.0 Å². The summed E-state index contributed by atoms with van der Waals surface area (Å²) < 4.78 is 6.19. The predicted octanol–water partition coefficient (Wildman–Crippen LogP) is 2.94. The molecule has 0 aliphatic heterocycles. The minimum atomic E-state index is -0.736. The van der Waals surface area contributed by atoms with Crippen LogP contribution >= 0.6 is 23.2 Å². The third-order valence-electron chi connectivity index (χ3n) is 2.58. The summed E-state index contributed by atoms with van der Waals surface area (Å²) in [7, 11) is 0. The normalized spacial score (nSPS) is 12.3. The van der Waals surface area contributed by atoms with Crippen molar-refractivity contribution in [2.24, 2.45) is 4.99 Å². The first kappa shape index (κ1) is 17.0. The highest BCUT2D eigenvalue weighted by molar-refractivity contribution is 6.42. The fraction of sp³-hybridized carbons (Fsp3) is 0.308. The summed E-state index contributed by atoms with van der Waals surface area (Å²) in [6.07, 6.45) is 1.52. The number of aromatic nitrogens is 2. The Bertz CT molecular complexity index is 909. The topological polar surface area (TPSA) is 106 Å². The zero-order chi connectivity index (χ0) is 17.4. The lowest BCUT2D eigenvalue weighted by atomic mass is 10.2. The molecule has 1 aromatic carbocycles. The summed E-state index contributed by atoms with van der Waals surface area (Å²) in [6, 6.07) is 2.66. The van der Waals surface area contributed by atoms with Crippen molar-refractivity contribution in [2.75, 3.05) is 0 Å². The van der Waals surface area contributed by atoms with Crippen molar-refractivity contribution in [2.45, 2.75) is 26.4 Å². The Balaban J connectivity index is 3.00. The first-order valence-corrected chi connectivity index (χ1v) is 7.08. The molecule has 0 saturated heterocycles. The van der Waals surface area contributed by atoms with Crippen molar-refractivity contribution < 1.29 is 9.77 Å². The molecule has 120 valence electrons. The van der Waals surface area contributed by atoms with Gasteiger partial charge in [0.25, 0.3) is 11.4 Å². The van der Waals surface area contributed by atoms with Crippen molar-refractivity contribution >= 4 is 34.2 Å². The van der Waals surface area contributed by atoms with Crippen molar-refractivity contribution in [3.8, 4) is 12.1 Å². The number of nitro groups is 1. The van der Waals surface area contributed by atoms with Gasteiger partial charge in [-0.15, -0.1) is 4.99 Å². The largest absolute Gasteiger partial charge is 0.469 e. The zero-order valence-electron chi connectivity index (χ0n) is 12.4. The van der Waals surface area contributed by atoms with Gasteiger partial charge in [0.15, 0.2) is 5.03 Å². The zero-order valence-corrected chi connectivity index (χ0v) is 13.9. The minimum Gasteiger partial charge on any atom is -0.469 e. The lowest BCUT2D eigenvalue weighted by molar-refractivity contribution is -0.541. The van der Waals surface area contributed by atoms with Crippen LogP contribution in [0, 0.1) is 21.6 Å². The molecule has 2 rings (SSSR count). The quantitative estimate of drug-likeness (QED) is 0.467. The molecule has 0 saturated carbocycles. The van der Waals surface area contributed by atoms with Gasteiger partial charge in [-0.05, 0) is 37.6 Å². The van der Waals surface area contributed by atoms with Gasteiger partial charge >= 0.3 is 0 Å². The lowest BCUT2D eigenvalue weighted by Gasteiger charge is -2.20. The molecule has 1 heterocycles. The van der Waals surface area contributed by atoms with Crippen LogP contribution in [-0.4, -0.2) is 20.3 Å². The van der Waals surface area contributed by atoms with Gasteiger partial charge in [-0.2, -0.15) is 5.26 Å². The van der Waals surface area contributed by atoms with Crippen LogP contribution in [0.5, 0.6) is 5.88 Å². The molecule has 2 aromatic rings. The molecule has 23 heavy (non-hydrogen) atoms. The fourth-order valence-electron chi connectivity index (χ4n) is 1.82. The number of nitriles is 1. The maximum Gasteiger partial charge on any atom is 0.273 e. The maximum absolute atomic E-state index is 11.5. The summed E-state index contributed by atoms with van der Waals surface area (Å²) in [4.78, 5) is 19.1. The van der Waals surface area contributed by atoms with Crippen molar-refractivity contribution in [3.05, 3.63) is 37.8 Å². The van der Waals surface area contributed by atoms with Gasteiger partial charge in [-0.25, -0.2) is 15.1 Å². The number of rotatable bonds is 2. The van der Waals surface area contributed by atoms with E-state index < -0.39 is 10.6 Å². The van der Waals surface area contributed by atoms with E-state index in [1.807, 2.05) is 0 Å². The summed E-state index contributed by atoms with van der Waals surface area (Å²) in [5.74, 6) is -0.151. The van der Waals surface area contributed by atoms with E-state index >= 15 is 0 Å². The molecular weight excluding hydrogens is 345 g/mol. The monoisotopic (exact) mass is 355 g/mol. The van der Waals surface area contributed by atoms with E-state index in [9.17, 15) is 10.1 Å². The van der Waals surface area contributed by atoms with Gasteiger partial charge in [-0.3, -0.25) is 0 Å². The number of nitrogens with zero attached hydrogens (tertiary/aromatic N) is 5.